The zero-order valence-electron chi connectivity index (χ0n) is 16.3. The van der Waals surface area contributed by atoms with Crippen molar-refractivity contribution >= 4 is 23.4 Å². The molecular formula is C18H24F3N7O. The summed E-state index contributed by atoms with van der Waals surface area (Å²) in [7, 11) is 3.51. The van der Waals surface area contributed by atoms with E-state index in [4.69, 9.17) is 0 Å². The van der Waals surface area contributed by atoms with Crippen molar-refractivity contribution in [2.24, 2.45) is 0 Å². The predicted molar refractivity (Wildman–Crippen MR) is 103 cm³/mol. The van der Waals surface area contributed by atoms with Crippen molar-refractivity contribution < 1.29 is 19.4 Å². The third-order valence-corrected chi connectivity index (χ3v) is 5.73. The smallest absolute Gasteiger partial charge is 0.351 e. The number of anilines is 3. The third kappa shape index (κ3) is 3.49. The second kappa shape index (κ2) is 6.89. The standard InChI is InChI=1S/C18H22F3N7O.H2/c1-10-16(29)27(3)13-9-22-17(24-15(13)26(10)2)23-11-4-5-12(8-11)28-7-6-14(25-28)18(19,20)21;/h6-7,9-12H,4-5,8H2,1-3H3,(H,22,23,24);1H/t10-,11-,12-;/m0./s1. The minimum absolute atomic E-state index is 0. The van der Waals surface area contributed by atoms with Crippen LogP contribution in [0.3, 0.4) is 0 Å². The lowest BCUT2D eigenvalue weighted by Gasteiger charge is -2.36. The lowest BCUT2D eigenvalue weighted by Crippen LogP contribution is -2.49. The number of likely N-dealkylation sites (N-methyl/N-ethyl adjacent to an activating group) is 2. The minimum atomic E-state index is -4.43. The van der Waals surface area contributed by atoms with E-state index in [0.29, 0.717) is 23.9 Å². The molecule has 1 N–H and O–H groups in total. The fourth-order valence-corrected chi connectivity index (χ4v) is 3.88. The highest BCUT2D eigenvalue weighted by Gasteiger charge is 2.36. The number of aromatic nitrogens is 4. The second-order valence-electron chi connectivity index (χ2n) is 7.57. The van der Waals surface area contributed by atoms with E-state index in [0.717, 1.165) is 18.9 Å². The summed E-state index contributed by atoms with van der Waals surface area (Å²) in [6.07, 6.45) is 0.682. The van der Waals surface area contributed by atoms with Gasteiger partial charge in [0, 0.05) is 27.8 Å². The molecule has 1 aliphatic carbocycles. The maximum atomic E-state index is 12.8. The summed E-state index contributed by atoms with van der Waals surface area (Å²) in [5.74, 6) is 1.07. The Balaban J connectivity index is 0.00000256. The number of nitrogens with one attached hydrogen (secondary N) is 1. The van der Waals surface area contributed by atoms with Gasteiger partial charge < -0.3 is 15.1 Å². The van der Waals surface area contributed by atoms with E-state index in [-0.39, 0.29) is 25.5 Å². The first-order valence-electron chi connectivity index (χ1n) is 9.41. The van der Waals surface area contributed by atoms with Gasteiger partial charge in [0.05, 0.1) is 12.2 Å². The minimum Gasteiger partial charge on any atom is -0.351 e. The van der Waals surface area contributed by atoms with E-state index in [9.17, 15) is 18.0 Å². The van der Waals surface area contributed by atoms with Gasteiger partial charge in [-0.1, -0.05) is 0 Å². The van der Waals surface area contributed by atoms with Gasteiger partial charge in [-0.05, 0) is 32.3 Å². The molecule has 2 aromatic heterocycles. The molecule has 0 radical (unpaired) electrons. The summed E-state index contributed by atoms with van der Waals surface area (Å²) < 4.78 is 39.7. The first-order chi connectivity index (χ1) is 13.6. The van der Waals surface area contributed by atoms with Crippen LogP contribution in [0.2, 0.25) is 0 Å². The first kappa shape index (κ1) is 19.5. The van der Waals surface area contributed by atoms with Crippen LogP contribution in [-0.2, 0) is 11.0 Å². The Kier molecular flexibility index (Phi) is 4.62. The van der Waals surface area contributed by atoms with Crippen LogP contribution in [-0.4, -0.2) is 51.8 Å². The maximum absolute atomic E-state index is 12.8. The van der Waals surface area contributed by atoms with Crippen LogP contribution in [0.5, 0.6) is 0 Å². The van der Waals surface area contributed by atoms with Gasteiger partial charge in [0.2, 0.25) is 11.9 Å². The van der Waals surface area contributed by atoms with E-state index < -0.39 is 11.9 Å². The lowest BCUT2D eigenvalue weighted by molar-refractivity contribution is -0.141. The number of nitrogens with zero attached hydrogens (tertiary/aromatic N) is 6. The Bertz CT molecular complexity index is 935. The van der Waals surface area contributed by atoms with E-state index in [1.807, 2.05) is 18.9 Å². The molecule has 1 fully saturated rings. The fourth-order valence-electron chi connectivity index (χ4n) is 3.88. The zero-order chi connectivity index (χ0) is 20.9. The number of carbonyl (C=O) groups excluding carboxylic acids is 1. The zero-order valence-corrected chi connectivity index (χ0v) is 16.3. The molecule has 0 aromatic carbocycles. The molecule has 2 aliphatic rings. The normalized spacial score (nSPS) is 24.8. The molecule has 0 saturated heterocycles. The number of rotatable bonds is 3. The molecule has 0 spiro atoms. The lowest BCUT2D eigenvalue weighted by atomic mass is 10.2. The quantitative estimate of drug-likeness (QED) is 0.837. The number of halogens is 3. The van der Waals surface area contributed by atoms with E-state index in [2.05, 4.69) is 20.4 Å². The van der Waals surface area contributed by atoms with Crippen LogP contribution in [0.1, 0.15) is 39.3 Å². The summed E-state index contributed by atoms with van der Waals surface area (Å²) in [6.45, 7) is 1.82. The molecule has 3 atom stereocenters. The summed E-state index contributed by atoms with van der Waals surface area (Å²) >= 11 is 0. The molecule has 158 valence electrons. The number of amides is 1. The molecular weight excluding hydrogens is 387 g/mol. The number of hydrogen-bond acceptors (Lipinski definition) is 6. The monoisotopic (exact) mass is 411 g/mol. The van der Waals surface area contributed by atoms with Gasteiger partial charge in [-0.3, -0.25) is 9.48 Å². The summed E-state index contributed by atoms with van der Waals surface area (Å²) in [6, 6.07) is 0.603. The molecule has 2 aromatic rings. The summed E-state index contributed by atoms with van der Waals surface area (Å²) in [4.78, 5) is 24.5. The Morgan fingerprint density at radius 2 is 2.03 bits per heavy atom. The van der Waals surface area contributed by atoms with Crippen molar-refractivity contribution in [2.45, 2.75) is 50.5 Å². The van der Waals surface area contributed by atoms with Gasteiger partial charge in [0.25, 0.3) is 0 Å². The third-order valence-electron chi connectivity index (χ3n) is 5.73. The van der Waals surface area contributed by atoms with Crippen LogP contribution in [0.15, 0.2) is 18.5 Å². The fraction of sp³-hybridized carbons (Fsp3) is 0.556. The maximum Gasteiger partial charge on any atom is 0.435 e. The second-order valence-corrected chi connectivity index (χ2v) is 7.57. The average molecular weight is 411 g/mol. The molecule has 11 heteroatoms. The van der Waals surface area contributed by atoms with Crippen molar-refractivity contribution in [3.63, 3.8) is 0 Å². The van der Waals surface area contributed by atoms with Crippen molar-refractivity contribution in [1.82, 2.24) is 19.7 Å². The van der Waals surface area contributed by atoms with Gasteiger partial charge in [-0.25, -0.2) is 4.98 Å². The Morgan fingerprint density at radius 3 is 2.72 bits per heavy atom. The van der Waals surface area contributed by atoms with Crippen LogP contribution in [0, 0.1) is 0 Å². The molecule has 1 amide bonds. The molecule has 29 heavy (non-hydrogen) atoms. The highest BCUT2D eigenvalue weighted by molar-refractivity contribution is 6.03. The number of fused-ring (bicyclic) bond motifs is 1. The van der Waals surface area contributed by atoms with Gasteiger partial charge in [-0.2, -0.15) is 23.3 Å². The number of hydrogen-bond donors (Lipinski definition) is 1. The predicted octanol–water partition coefficient (Wildman–Crippen LogP) is 2.94. The molecule has 4 rings (SSSR count). The van der Waals surface area contributed by atoms with Crippen LogP contribution >= 0.6 is 0 Å². The molecule has 0 bridgehead atoms. The largest absolute Gasteiger partial charge is 0.435 e. The van der Waals surface area contributed by atoms with Crippen LogP contribution in [0.25, 0.3) is 0 Å². The Labute approximate surface area is 167 Å². The summed E-state index contributed by atoms with van der Waals surface area (Å²) in [5, 5.41) is 6.96. The first-order valence-corrected chi connectivity index (χ1v) is 9.41. The van der Waals surface area contributed by atoms with Gasteiger partial charge in [0.15, 0.2) is 11.5 Å². The van der Waals surface area contributed by atoms with E-state index >= 15 is 0 Å². The Morgan fingerprint density at radius 1 is 1.28 bits per heavy atom. The van der Waals surface area contributed by atoms with E-state index in [1.165, 1.54) is 10.9 Å². The van der Waals surface area contributed by atoms with Crippen LogP contribution in [0.4, 0.5) is 30.6 Å². The molecule has 1 saturated carbocycles. The number of alkyl halides is 3. The molecule has 3 heterocycles. The van der Waals surface area contributed by atoms with Crippen molar-refractivity contribution in [2.75, 3.05) is 29.2 Å². The summed E-state index contributed by atoms with van der Waals surface area (Å²) in [5.41, 5.74) is -0.232. The molecule has 0 unspecified atom stereocenters. The van der Waals surface area contributed by atoms with Crippen molar-refractivity contribution in [3.8, 4) is 0 Å². The number of carbonyl (C=O) groups is 1. The molecule has 1 aliphatic heterocycles. The Hall–Kier alpha value is -2.85. The highest BCUT2D eigenvalue weighted by atomic mass is 19.4. The van der Waals surface area contributed by atoms with Crippen molar-refractivity contribution in [1.29, 1.82) is 0 Å². The van der Waals surface area contributed by atoms with Gasteiger partial charge in [0.1, 0.15) is 11.7 Å². The van der Waals surface area contributed by atoms with Crippen LogP contribution < -0.4 is 15.1 Å². The van der Waals surface area contributed by atoms with Gasteiger partial charge in [-0.15, -0.1) is 0 Å². The topological polar surface area (TPSA) is 79.2 Å². The highest BCUT2D eigenvalue weighted by Crippen LogP contribution is 2.35. The van der Waals surface area contributed by atoms with E-state index in [1.54, 1.807) is 18.1 Å². The average Bonchev–Trinajstić information content (AvgIpc) is 3.33. The van der Waals surface area contributed by atoms with Gasteiger partial charge >= 0.3 is 6.18 Å². The molecule has 8 nitrogen and oxygen atoms in total. The SMILES string of the molecule is C[C@H]1C(=O)N(C)c2cnc(N[C@H]3CC[C@H](n4ccc(C(F)(F)F)n4)C3)nc2N1C.[HH]. The van der Waals surface area contributed by atoms with Crippen molar-refractivity contribution in [3.05, 3.63) is 24.2 Å².